The average Bonchev–Trinajstić information content (AvgIpc) is 2.48. The molecule has 11 heteroatoms. The van der Waals surface area contributed by atoms with Crippen molar-refractivity contribution in [2.75, 3.05) is 0 Å². The molecule has 0 spiro atoms. The fourth-order valence-electron chi connectivity index (χ4n) is 1.14. The van der Waals surface area contributed by atoms with Gasteiger partial charge in [-0.1, -0.05) is 18.9 Å². The van der Waals surface area contributed by atoms with Crippen molar-refractivity contribution in [1.29, 1.82) is 0 Å². The zero-order chi connectivity index (χ0) is 17.8. The van der Waals surface area contributed by atoms with Gasteiger partial charge >= 0.3 is 14.2 Å². The van der Waals surface area contributed by atoms with Crippen LogP contribution in [0.4, 0.5) is 0 Å². The van der Waals surface area contributed by atoms with Crippen molar-refractivity contribution in [1.82, 2.24) is 9.97 Å². The molecule has 0 aliphatic heterocycles. The van der Waals surface area contributed by atoms with Crippen LogP contribution in [0.5, 0.6) is 0 Å². The first-order chi connectivity index (χ1) is 10.8. The lowest BCUT2D eigenvalue weighted by Gasteiger charge is -2.01. The second kappa shape index (κ2) is 11.8. The van der Waals surface area contributed by atoms with E-state index in [1.807, 2.05) is 18.2 Å². The van der Waals surface area contributed by atoms with E-state index in [0.717, 1.165) is 9.21 Å². The summed E-state index contributed by atoms with van der Waals surface area (Å²) in [6.07, 6.45) is 0. The predicted octanol–water partition coefficient (Wildman–Crippen LogP) is -0.749. The Morgan fingerprint density at radius 1 is 0.909 bits per heavy atom. The molecule has 2 radical (unpaired) electrons. The van der Waals surface area contributed by atoms with Gasteiger partial charge in [0.25, 0.3) is 0 Å². The lowest BCUT2D eigenvalue weighted by molar-refractivity contribution is 0.422. The average molecular weight is 431 g/mol. The molecule has 0 atom stereocenters. The van der Waals surface area contributed by atoms with Gasteiger partial charge in [-0.15, -0.1) is 0 Å². The van der Waals surface area contributed by atoms with E-state index in [1.54, 1.807) is 0 Å². The van der Waals surface area contributed by atoms with Crippen LogP contribution in [0.2, 0.25) is 6.80 Å². The first kappa shape index (κ1) is 19.3. The largest absolute Gasteiger partial charge is 0.508 e. The third-order valence-corrected chi connectivity index (χ3v) is 2.89. The molecule has 0 aromatic carbocycles. The molecule has 22 heavy (non-hydrogen) atoms. The topological polar surface area (TPSA) is 107 Å². The molecule has 0 unspecified atom stereocenters. The zero-order valence-corrected chi connectivity index (χ0v) is 14.5. The van der Waals surface area contributed by atoms with Crippen LogP contribution in [-0.4, -0.2) is 52.1 Å². The molecule has 0 bridgehead atoms. The van der Waals surface area contributed by atoms with Crippen LogP contribution in [0.15, 0.2) is 45.6 Å². The van der Waals surface area contributed by atoms with Gasteiger partial charge in [-0.25, -0.2) is 4.98 Å². The summed E-state index contributed by atoms with van der Waals surface area (Å²) in [4.78, 5) is 7.58. The van der Waals surface area contributed by atoms with Crippen LogP contribution in [0, 0.1) is 0 Å². The summed E-state index contributed by atoms with van der Waals surface area (Å²) in [7, 11) is 1.13. The molecule has 6 nitrogen and oxygen atoms in total. The third-order valence-electron chi connectivity index (χ3n) is 2.00. The van der Waals surface area contributed by atoms with E-state index in [2.05, 4.69) is 49.7 Å². The summed E-state index contributed by atoms with van der Waals surface area (Å²) in [6, 6.07) is 9.88. The number of hydrogen-bond donors (Lipinski definition) is 4. The van der Waals surface area contributed by atoms with Crippen LogP contribution < -0.4 is 11.2 Å². The van der Waals surface area contributed by atoms with Gasteiger partial charge in [-0.2, -0.15) is 0 Å². The highest BCUT2D eigenvalue weighted by molar-refractivity contribution is 9.11. The van der Waals surface area contributed by atoms with Gasteiger partial charge < -0.3 is 20.1 Å². The van der Waals surface area contributed by atoms with Crippen LogP contribution in [0.1, 0.15) is 1.37 Å². The second-order valence-electron chi connectivity index (χ2n) is 3.52. The molecule has 0 aliphatic rings. The van der Waals surface area contributed by atoms with E-state index in [1.165, 1.54) is 18.2 Å². The molecule has 0 amide bonds. The SMILES string of the molecule is Brc1cccc(Br)n1.OB(O)c1cccc(B(O)O)n1.[3H]C[B]. The maximum atomic E-state index is 8.66. The first-order valence-electron chi connectivity index (χ1n) is 6.49. The molecule has 0 aliphatic carbocycles. The molecular weight excluding hydrogens is 416 g/mol. The first-order valence-corrected chi connectivity index (χ1v) is 7.36. The highest BCUT2D eigenvalue weighted by Crippen LogP contribution is 2.10. The highest BCUT2D eigenvalue weighted by Gasteiger charge is 2.17. The van der Waals surface area contributed by atoms with Crippen LogP contribution >= 0.6 is 31.9 Å². The van der Waals surface area contributed by atoms with Crippen LogP contribution in [0.25, 0.3) is 0 Å². The van der Waals surface area contributed by atoms with Gasteiger partial charge in [-0.05, 0) is 56.1 Å². The number of aromatic nitrogens is 2. The molecule has 2 aromatic heterocycles. The monoisotopic (exact) mass is 430 g/mol. The van der Waals surface area contributed by atoms with E-state index in [-0.39, 0.29) is 18.0 Å². The summed E-state index contributed by atoms with van der Waals surface area (Å²) < 4.78 is 7.69. The summed E-state index contributed by atoms with van der Waals surface area (Å²) >= 11 is 6.44. The molecule has 114 valence electrons. The predicted molar refractivity (Wildman–Crippen MR) is 95.1 cm³/mol. The summed E-state index contributed by atoms with van der Waals surface area (Å²) in [5, 5.41) is 34.6. The minimum atomic E-state index is -1.69. The molecule has 0 saturated carbocycles. The maximum absolute atomic E-state index is 8.66. The van der Waals surface area contributed by atoms with Gasteiger partial charge in [0.2, 0.25) is 0 Å². The van der Waals surface area contributed by atoms with Crippen LogP contribution in [-0.2, 0) is 0 Å². The van der Waals surface area contributed by atoms with Gasteiger partial charge in [0, 0.05) is 1.37 Å². The molecule has 0 fully saturated rings. The smallest absolute Gasteiger partial charge is 0.422 e. The molecule has 0 saturated heterocycles. The molecular formula is C11H13B3Br2N2O4. The number of hydrogen-bond acceptors (Lipinski definition) is 6. The maximum Gasteiger partial charge on any atom is 0.508 e. The second-order valence-corrected chi connectivity index (χ2v) is 5.14. The Labute approximate surface area is 149 Å². The number of nitrogens with zero attached hydrogens (tertiary/aromatic N) is 2. The number of rotatable bonds is 2. The van der Waals surface area contributed by atoms with E-state index in [0.29, 0.717) is 0 Å². The number of halogens is 2. The third kappa shape index (κ3) is 8.67. The van der Waals surface area contributed by atoms with E-state index < -0.39 is 14.2 Å². The highest BCUT2D eigenvalue weighted by atomic mass is 79.9. The van der Waals surface area contributed by atoms with E-state index in [4.69, 9.17) is 21.5 Å². The summed E-state index contributed by atoms with van der Waals surface area (Å²) in [5.41, 5.74) is -0.0267. The van der Waals surface area contributed by atoms with Gasteiger partial charge in [-0.3, -0.25) is 4.98 Å². The Bertz CT molecular complexity index is 544. The van der Waals surface area contributed by atoms with Gasteiger partial charge in [0.05, 0.1) is 19.0 Å². The zero-order valence-electron chi connectivity index (χ0n) is 12.3. The molecule has 4 N–H and O–H groups in total. The summed E-state index contributed by atoms with van der Waals surface area (Å²) in [5.74, 6) is 0. The van der Waals surface area contributed by atoms with Crippen molar-refractivity contribution in [3.8, 4) is 0 Å². The Hall–Kier alpha value is -0.705. The van der Waals surface area contributed by atoms with Crippen molar-refractivity contribution in [3.63, 3.8) is 0 Å². The van der Waals surface area contributed by atoms with Crippen molar-refractivity contribution >= 4 is 65.1 Å². The van der Waals surface area contributed by atoms with Crippen molar-refractivity contribution in [2.45, 2.75) is 6.80 Å². The minimum absolute atomic E-state index is 0. The standard InChI is InChI=1S/C5H7B2NO4.C5H3Br2N.CH3B/c9-6(10)4-2-1-3-5(8-4)7(11)12;6-4-2-1-3-5(7)8-4;1-2/h1-3,9-12H;1-3H;1H3/i;;1T. The van der Waals surface area contributed by atoms with Crippen LogP contribution in [0.3, 0.4) is 0 Å². The Morgan fingerprint density at radius 3 is 1.55 bits per heavy atom. The summed E-state index contributed by atoms with van der Waals surface area (Å²) in [6.45, 7) is 0. The van der Waals surface area contributed by atoms with Crippen molar-refractivity contribution in [3.05, 3.63) is 45.6 Å². The Morgan fingerprint density at radius 2 is 1.27 bits per heavy atom. The Kier molecular flexibility index (Phi) is 10.4. The van der Waals surface area contributed by atoms with Gasteiger partial charge in [0.15, 0.2) is 0 Å². The lowest BCUT2D eigenvalue weighted by Crippen LogP contribution is -2.42. The quantitative estimate of drug-likeness (QED) is 0.368. The normalized spacial score (nSPS) is 9.45. The van der Waals surface area contributed by atoms with E-state index in [9.17, 15) is 0 Å². The fraction of sp³-hybridized carbons (Fsp3) is 0.0909. The fourth-order valence-corrected chi connectivity index (χ4v) is 2.07. The number of pyridine rings is 2. The molecule has 2 aromatic rings. The van der Waals surface area contributed by atoms with E-state index >= 15 is 0 Å². The Balaban J connectivity index is 0.000000379. The minimum Gasteiger partial charge on any atom is -0.422 e. The van der Waals surface area contributed by atoms with Crippen molar-refractivity contribution in [2.24, 2.45) is 0 Å². The lowest BCUT2D eigenvalue weighted by atomic mass is 9.81. The molecule has 2 heterocycles. The van der Waals surface area contributed by atoms with Crippen molar-refractivity contribution < 1.29 is 21.5 Å². The molecule has 2 rings (SSSR count). The van der Waals surface area contributed by atoms with Gasteiger partial charge in [0.1, 0.15) is 9.21 Å².